The van der Waals surface area contributed by atoms with Crippen LogP contribution in [0, 0.1) is 0 Å². The lowest BCUT2D eigenvalue weighted by Crippen LogP contribution is -2.62. The lowest BCUT2D eigenvalue weighted by molar-refractivity contribution is 0.0873. The zero-order valence-corrected chi connectivity index (χ0v) is 20.5. The zero-order chi connectivity index (χ0) is 23.0. The highest BCUT2D eigenvalue weighted by molar-refractivity contribution is 6.32. The predicted octanol–water partition coefficient (Wildman–Crippen LogP) is 6.47. The first kappa shape index (κ1) is 23.6. The molecule has 1 aliphatic rings. The highest BCUT2D eigenvalue weighted by Gasteiger charge is 2.38. The third-order valence-corrected chi connectivity index (χ3v) is 5.93. The van der Waals surface area contributed by atoms with E-state index in [1.54, 1.807) is 18.2 Å². The average Bonchev–Trinajstić information content (AvgIpc) is 2.60. The van der Waals surface area contributed by atoms with Crippen molar-refractivity contribution in [1.82, 2.24) is 10.6 Å². The molecule has 0 spiro atoms. The summed E-state index contributed by atoms with van der Waals surface area (Å²) in [5.74, 6) is 1.20. The van der Waals surface area contributed by atoms with Crippen LogP contribution in [0.2, 0.25) is 5.02 Å². The number of carbonyl (C=O) groups is 1. The van der Waals surface area contributed by atoms with Crippen LogP contribution in [0.5, 0.6) is 11.5 Å². The molecule has 0 unspecified atom stereocenters. The summed E-state index contributed by atoms with van der Waals surface area (Å²) in [6.45, 7) is 15.1. The topological polar surface area (TPSA) is 50.4 Å². The van der Waals surface area contributed by atoms with Gasteiger partial charge in [-0.05, 0) is 70.2 Å². The van der Waals surface area contributed by atoms with Crippen molar-refractivity contribution < 1.29 is 9.53 Å². The lowest BCUT2D eigenvalue weighted by Gasteiger charge is -2.46. The molecule has 2 aromatic carbocycles. The molecule has 1 amide bonds. The maximum absolute atomic E-state index is 12.9. The van der Waals surface area contributed by atoms with Crippen LogP contribution in [0.4, 0.5) is 0 Å². The molecule has 4 nitrogen and oxygen atoms in total. The Morgan fingerprint density at radius 2 is 1.65 bits per heavy atom. The molecular weight excluding hydrogens is 408 g/mol. The predicted molar refractivity (Wildman–Crippen MR) is 128 cm³/mol. The van der Waals surface area contributed by atoms with Crippen molar-refractivity contribution in [3.05, 3.63) is 58.6 Å². The number of para-hydroxylation sites is 1. The number of amides is 1. The van der Waals surface area contributed by atoms with Crippen molar-refractivity contribution in [2.45, 2.75) is 83.8 Å². The van der Waals surface area contributed by atoms with Crippen molar-refractivity contribution in [3.8, 4) is 11.5 Å². The van der Waals surface area contributed by atoms with E-state index in [4.69, 9.17) is 16.3 Å². The van der Waals surface area contributed by atoms with Gasteiger partial charge in [-0.25, -0.2) is 0 Å². The highest BCUT2D eigenvalue weighted by Crippen LogP contribution is 2.37. The van der Waals surface area contributed by atoms with Gasteiger partial charge in [-0.15, -0.1) is 0 Å². The minimum absolute atomic E-state index is 0.0323. The Balaban J connectivity index is 1.75. The molecule has 31 heavy (non-hydrogen) atoms. The van der Waals surface area contributed by atoms with E-state index in [2.05, 4.69) is 65.2 Å². The minimum Gasteiger partial charge on any atom is -0.455 e. The fourth-order valence-electron chi connectivity index (χ4n) is 4.71. The van der Waals surface area contributed by atoms with Crippen molar-refractivity contribution in [2.24, 2.45) is 0 Å². The Morgan fingerprint density at radius 3 is 2.23 bits per heavy atom. The van der Waals surface area contributed by atoms with E-state index < -0.39 is 0 Å². The van der Waals surface area contributed by atoms with Crippen molar-refractivity contribution >= 4 is 17.5 Å². The summed E-state index contributed by atoms with van der Waals surface area (Å²) >= 11 is 6.51. The Morgan fingerprint density at radius 1 is 1.03 bits per heavy atom. The monoisotopic (exact) mass is 442 g/mol. The first-order chi connectivity index (χ1) is 14.3. The fourth-order valence-corrected chi connectivity index (χ4v) is 4.93. The molecule has 0 radical (unpaired) electrons. The van der Waals surface area contributed by atoms with Crippen LogP contribution < -0.4 is 15.4 Å². The second-order valence-electron chi connectivity index (χ2n) is 11.0. The van der Waals surface area contributed by atoms with Crippen molar-refractivity contribution in [3.63, 3.8) is 0 Å². The summed E-state index contributed by atoms with van der Waals surface area (Å²) in [5.41, 5.74) is 1.52. The van der Waals surface area contributed by atoms with Gasteiger partial charge in [0.2, 0.25) is 0 Å². The summed E-state index contributed by atoms with van der Waals surface area (Å²) in [5, 5.41) is 7.25. The molecule has 0 aliphatic carbocycles. The first-order valence-corrected chi connectivity index (χ1v) is 11.3. The quantitative estimate of drug-likeness (QED) is 0.570. The number of nitrogens with one attached hydrogen (secondary N) is 2. The van der Waals surface area contributed by atoms with E-state index in [9.17, 15) is 4.79 Å². The molecule has 1 saturated heterocycles. The van der Waals surface area contributed by atoms with Gasteiger partial charge in [-0.1, -0.05) is 50.6 Å². The van der Waals surface area contributed by atoms with E-state index in [1.165, 1.54) is 0 Å². The third kappa shape index (κ3) is 6.02. The van der Waals surface area contributed by atoms with Crippen LogP contribution in [0.15, 0.2) is 42.5 Å². The number of rotatable bonds is 4. The smallest absolute Gasteiger partial charge is 0.251 e. The zero-order valence-electron chi connectivity index (χ0n) is 19.7. The normalized spacial score (nSPS) is 18.5. The van der Waals surface area contributed by atoms with Gasteiger partial charge in [0.1, 0.15) is 11.5 Å². The van der Waals surface area contributed by atoms with Crippen LogP contribution in [0.3, 0.4) is 0 Å². The standard InChI is InChI=1S/C26H35ClN2O2/c1-24(2,3)19-10-8-9-11-21(19)31-22-13-12-17(14-20(22)27)23(30)28-18-15-25(4,5)29-26(6,7)16-18/h8-14,18,29H,15-16H2,1-7H3,(H,28,30). The summed E-state index contributed by atoms with van der Waals surface area (Å²) in [7, 11) is 0. The third-order valence-electron chi connectivity index (χ3n) is 5.63. The van der Waals surface area contributed by atoms with E-state index >= 15 is 0 Å². The molecule has 0 saturated carbocycles. The Kier molecular flexibility index (Phi) is 6.46. The van der Waals surface area contributed by atoms with E-state index in [-0.39, 0.29) is 28.4 Å². The van der Waals surface area contributed by atoms with Gasteiger partial charge in [-0.2, -0.15) is 0 Å². The fraction of sp³-hybridized carbons (Fsp3) is 0.500. The summed E-state index contributed by atoms with van der Waals surface area (Å²) in [6, 6.07) is 13.3. The maximum Gasteiger partial charge on any atom is 0.251 e. The molecule has 1 heterocycles. The first-order valence-electron chi connectivity index (χ1n) is 10.9. The number of ether oxygens (including phenoxy) is 1. The Bertz CT molecular complexity index is 944. The number of carbonyl (C=O) groups excluding carboxylic acids is 1. The second kappa shape index (κ2) is 8.48. The number of hydrogen-bond acceptors (Lipinski definition) is 3. The molecule has 3 rings (SSSR count). The van der Waals surface area contributed by atoms with Crippen LogP contribution >= 0.6 is 11.6 Å². The molecule has 2 aromatic rings. The minimum atomic E-state index is -0.109. The average molecular weight is 443 g/mol. The molecule has 0 bridgehead atoms. The van der Waals surface area contributed by atoms with Gasteiger partial charge in [0.05, 0.1) is 5.02 Å². The lowest BCUT2D eigenvalue weighted by atomic mass is 9.79. The summed E-state index contributed by atoms with van der Waals surface area (Å²) in [4.78, 5) is 12.9. The molecule has 5 heteroatoms. The van der Waals surface area contributed by atoms with Crippen molar-refractivity contribution in [1.29, 1.82) is 0 Å². The van der Waals surface area contributed by atoms with Crippen LogP contribution in [0.1, 0.15) is 77.2 Å². The van der Waals surface area contributed by atoms with Gasteiger partial charge in [0.25, 0.3) is 5.91 Å². The number of benzene rings is 2. The van der Waals surface area contributed by atoms with Gasteiger partial charge < -0.3 is 15.4 Å². The number of halogens is 1. The molecule has 1 fully saturated rings. The summed E-state index contributed by atoms with van der Waals surface area (Å²) < 4.78 is 6.13. The highest BCUT2D eigenvalue weighted by atomic mass is 35.5. The number of piperidine rings is 1. The van der Waals surface area contributed by atoms with Gasteiger partial charge in [0, 0.05) is 28.2 Å². The largest absolute Gasteiger partial charge is 0.455 e. The van der Waals surface area contributed by atoms with Gasteiger partial charge >= 0.3 is 0 Å². The Hall–Kier alpha value is -2.04. The molecule has 1 aliphatic heterocycles. The molecule has 2 N–H and O–H groups in total. The maximum atomic E-state index is 12.9. The summed E-state index contributed by atoms with van der Waals surface area (Å²) in [6.07, 6.45) is 1.75. The number of hydrogen-bond donors (Lipinski definition) is 2. The van der Waals surface area contributed by atoms with Crippen molar-refractivity contribution in [2.75, 3.05) is 0 Å². The van der Waals surface area contributed by atoms with E-state index in [0.29, 0.717) is 16.3 Å². The van der Waals surface area contributed by atoms with E-state index in [0.717, 1.165) is 24.2 Å². The van der Waals surface area contributed by atoms with Gasteiger partial charge in [-0.3, -0.25) is 4.79 Å². The van der Waals surface area contributed by atoms with E-state index in [1.807, 2.05) is 18.2 Å². The second-order valence-corrected chi connectivity index (χ2v) is 11.4. The van der Waals surface area contributed by atoms with Gasteiger partial charge in [0.15, 0.2) is 0 Å². The van der Waals surface area contributed by atoms with Crippen LogP contribution in [-0.4, -0.2) is 23.0 Å². The molecule has 0 aromatic heterocycles. The Labute approximate surface area is 191 Å². The molecule has 0 atom stereocenters. The molecule has 168 valence electrons. The SMILES string of the molecule is CC1(C)CC(NC(=O)c2ccc(Oc3ccccc3C(C)(C)C)c(Cl)c2)CC(C)(C)N1. The molecular formula is C26H35ClN2O2. The van der Waals surface area contributed by atoms with Crippen LogP contribution in [0.25, 0.3) is 0 Å². The van der Waals surface area contributed by atoms with Crippen LogP contribution in [-0.2, 0) is 5.41 Å².